The van der Waals surface area contributed by atoms with Crippen LogP contribution in [0.1, 0.15) is 40.0 Å². The Hall–Kier alpha value is -0.610. The zero-order valence-electron chi connectivity index (χ0n) is 10.8. The minimum absolute atomic E-state index is 0.0942. The monoisotopic (exact) mass is 227 g/mol. The lowest BCUT2D eigenvalue weighted by molar-refractivity contribution is -0.122. The van der Waals surface area contributed by atoms with Crippen molar-refractivity contribution in [1.82, 2.24) is 10.2 Å². The van der Waals surface area contributed by atoms with Gasteiger partial charge in [0.05, 0.1) is 0 Å². The molecular weight excluding hydrogens is 202 g/mol. The number of nitrogens with two attached hydrogens (primary N) is 1. The van der Waals surface area contributed by atoms with Gasteiger partial charge < -0.3 is 11.1 Å². The number of carbonyl (C=O) groups excluding carboxylic acids is 1. The van der Waals surface area contributed by atoms with Crippen LogP contribution in [0.3, 0.4) is 0 Å². The quantitative estimate of drug-likeness (QED) is 0.747. The van der Waals surface area contributed by atoms with Gasteiger partial charge in [0.1, 0.15) is 0 Å². The van der Waals surface area contributed by atoms with E-state index in [2.05, 4.69) is 31.0 Å². The topological polar surface area (TPSA) is 58.4 Å². The molecule has 1 heterocycles. The third kappa shape index (κ3) is 4.10. The van der Waals surface area contributed by atoms with E-state index in [1.54, 1.807) is 0 Å². The predicted molar refractivity (Wildman–Crippen MR) is 66.2 cm³/mol. The number of likely N-dealkylation sites (tertiary alicyclic amines) is 1. The fourth-order valence-electron chi connectivity index (χ4n) is 2.13. The van der Waals surface area contributed by atoms with Gasteiger partial charge in [0.15, 0.2) is 0 Å². The molecule has 1 fully saturated rings. The van der Waals surface area contributed by atoms with Crippen LogP contribution in [0.25, 0.3) is 0 Å². The molecule has 4 heteroatoms. The largest absolute Gasteiger partial charge is 0.353 e. The number of amides is 1. The molecule has 1 aliphatic rings. The van der Waals surface area contributed by atoms with Gasteiger partial charge in [-0.15, -0.1) is 0 Å². The maximum atomic E-state index is 11.4. The molecule has 4 nitrogen and oxygen atoms in total. The van der Waals surface area contributed by atoms with Crippen molar-refractivity contribution in [2.45, 2.75) is 51.6 Å². The number of piperidine rings is 1. The molecule has 0 bridgehead atoms. The Labute approximate surface area is 98.6 Å². The van der Waals surface area contributed by atoms with Gasteiger partial charge in [-0.25, -0.2) is 0 Å². The molecule has 16 heavy (non-hydrogen) atoms. The first-order valence-corrected chi connectivity index (χ1v) is 6.18. The van der Waals surface area contributed by atoms with Gasteiger partial charge in [0.2, 0.25) is 5.91 Å². The fraction of sp³-hybridized carbons (Fsp3) is 0.917. The van der Waals surface area contributed by atoms with Crippen LogP contribution in [0.15, 0.2) is 0 Å². The van der Waals surface area contributed by atoms with Crippen molar-refractivity contribution in [2.24, 2.45) is 5.73 Å². The van der Waals surface area contributed by atoms with Crippen molar-refractivity contribution in [3.05, 3.63) is 0 Å². The third-order valence-corrected chi connectivity index (χ3v) is 3.18. The van der Waals surface area contributed by atoms with Crippen LogP contribution in [0.4, 0.5) is 0 Å². The van der Waals surface area contributed by atoms with Gasteiger partial charge in [-0.1, -0.05) is 0 Å². The number of nitrogens with one attached hydrogen (secondary N) is 1. The Morgan fingerprint density at radius 1 is 1.38 bits per heavy atom. The van der Waals surface area contributed by atoms with Gasteiger partial charge in [-0.05, 0) is 33.6 Å². The Morgan fingerprint density at radius 2 is 1.94 bits per heavy atom. The van der Waals surface area contributed by atoms with Gasteiger partial charge in [-0.2, -0.15) is 0 Å². The summed E-state index contributed by atoms with van der Waals surface area (Å²) in [5.74, 6) is 0.0942. The molecule has 1 rings (SSSR count). The van der Waals surface area contributed by atoms with E-state index < -0.39 is 0 Å². The van der Waals surface area contributed by atoms with Crippen LogP contribution in [-0.4, -0.2) is 42.0 Å². The summed E-state index contributed by atoms with van der Waals surface area (Å²) in [5, 5.41) is 3.05. The van der Waals surface area contributed by atoms with Gasteiger partial charge in [0, 0.05) is 37.6 Å². The number of hydrogen-bond donors (Lipinski definition) is 2. The maximum Gasteiger partial charge on any atom is 0.221 e. The number of nitrogens with zero attached hydrogens (tertiary/aromatic N) is 1. The summed E-state index contributed by atoms with van der Waals surface area (Å²) >= 11 is 0. The second-order valence-electron chi connectivity index (χ2n) is 5.54. The molecule has 0 atom stereocenters. The predicted octanol–water partition coefficient (Wildman–Crippen LogP) is 0.714. The maximum absolute atomic E-state index is 11.4. The van der Waals surface area contributed by atoms with Crippen LogP contribution in [-0.2, 0) is 4.79 Å². The average Bonchev–Trinajstić information content (AvgIpc) is 2.17. The van der Waals surface area contributed by atoms with Crippen LogP contribution in [0.2, 0.25) is 0 Å². The summed E-state index contributed by atoms with van der Waals surface area (Å²) in [5.41, 5.74) is 5.59. The highest BCUT2D eigenvalue weighted by atomic mass is 16.1. The standard InChI is InChI=1S/C12H25N3O/c1-12(2,3)15-8-5-10(6-9-15)14-11(16)4-7-13/h10H,4-9,13H2,1-3H3,(H,14,16). The third-order valence-electron chi connectivity index (χ3n) is 3.18. The summed E-state index contributed by atoms with van der Waals surface area (Å²) in [6.45, 7) is 9.28. The molecule has 0 saturated carbocycles. The van der Waals surface area contributed by atoms with E-state index in [0.29, 0.717) is 19.0 Å². The van der Waals surface area contributed by atoms with Crippen molar-refractivity contribution >= 4 is 5.91 Å². The van der Waals surface area contributed by atoms with E-state index in [1.165, 1.54) is 0 Å². The molecule has 0 unspecified atom stereocenters. The Bertz CT molecular complexity index is 227. The van der Waals surface area contributed by atoms with E-state index in [-0.39, 0.29) is 11.4 Å². The molecular formula is C12H25N3O. The van der Waals surface area contributed by atoms with Crippen molar-refractivity contribution in [3.63, 3.8) is 0 Å². The zero-order chi connectivity index (χ0) is 12.2. The lowest BCUT2D eigenvalue weighted by atomic mass is 9.98. The van der Waals surface area contributed by atoms with Crippen molar-refractivity contribution in [1.29, 1.82) is 0 Å². The first kappa shape index (κ1) is 13.5. The van der Waals surface area contributed by atoms with Crippen molar-refractivity contribution < 1.29 is 4.79 Å². The first-order chi connectivity index (χ1) is 7.43. The smallest absolute Gasteiger partial charge is 0.221 e. The summed E-state index contributed by atoms with van der Waals surface area (Å²) in [6, 6.07) is 0.345. The van der Waals surface area contributed by atoms with E-state index in [1.807, 2.05) is 0 Å². The highest BCUT2D eigenvalue weighted by Crippen LogP contribution is 2.19. The van der Waals surface area contributed by atoms with Gasteiger partial charge >= 0.3 is 0 Å². The van der Waals surface area contributed by atoms with Crippen LogP contribution in [0.5, 0.6) is 0 Å². The highest BCUT2D eigenvalue weighted by Gasteiger charge is 2.27. The van der Waals surface area contributed by atoms with Gasteiger partial charge in [-0.3, -0.25) is 9.69 Å². The molecule has 94 valence electrons. The van der Waals surface area contributed by atoms with Crippen LogP contribution in [0, 0.1) is 0 Å². The molecule has 3 N–H and O–H groups in total. The summed E-state index contributed by atoms with van der Waals surface area (Å²) < 4.78 is 0. The lowest BCUT2D eigenvalue weighted by Gasteiger charge is -2.41. The Kier molecular flexibility index (Phi) is 4.74. The molecule has 1 amide bonds. The van der Waals surface area contributed by atoms with Crippen LogP contribution >= 0.6 is 0 Å². The normalized spacial score (nSPS) is 19.8. The molecule has 0 aromatic rings. The number of rotatable bonds is 3. The molecule has 0 radical (unpaired) electrons. The SMILES string of the molecule is CC(C)(C)N1CCC(NC(=O)CCN)CC1. The summed E-state index contributed by atoms with van der Waals surface area (Å²) in [7, 11) is 0. The lowest BCUT2D eigenvalue weighted by Crippen LogP contribution is -2.51. The van der Waals surface area contributed by atoms with E-state index in [4.69, 9.17) is 5.73 Å². The number of carbonyl (C=O) groups is 1. The molecule has 0 aromatic heterocycles. The summed E-state index contributed by atoms with van der Waals surface area (Å²) in [6.07, 6.45) is 2.54. The van der Waals surface area contributed by atoms with E-state index in [9.17, 15) is 4.79 Å². The average molecular weight is 227 g/mol. The highest BCUT2D eigenvalue weighted by molar-refractivity contribution is 5.76. The number of hydrogen-bond acceptors (Lipinski definition) is 3. The van der Waals surface area contributed by atoms with Crippen molar-refractivity contribution in [3.8, 4) is 0 Å². The van der Waals surface area contributed by atoms with E-state index >= 15 is 0 Å². The minimum atomic E-state index is 0.0942. The molecule has 0 spiro atoms. The second-order valence-corrected chi connectivity index (χ2v) is 5.54. The minimum Gasteiger partial charge on any atom is -0.353 e. The Morgan fingerprint density at radius 3 is 2.38 bits per heavy atom. The van der Waals surface area contributed by atoms with Gasteiger partial charge in [0.25, 0.3) is 0 Å². The first-order valence-electron chi connectivity index (χ1n) is 6.18. The molecule has 1 saturated heterocycles. The second kappa shape index (κ2) is 5.64. The molecule has 1 aliphatic heterocycles. The Balaban J connectivity index is 2.30. The summed E-state index contributed by atoms with van der Waals surface area (Å²) in [4.78, 5) is 13.9. The molecule has 0 aliphatic carbocycles. The molecule has 0 aromatic carbocycles. The fourth-order valence-corrected chi connectivity index (χ4v) is 2.13. The van der Waals surface area contributed by atoms with E-state index in [0.717, 1.165) is 25.9 Å². The zero-order valence-corrected chi connectivity index (χ0v) is 10.8. The van der Waals surface area contributed by atoms with Crippen molar-refractivity contribution in [2.75, 3.05) is 19.6 Å². The van der Waals surface area contributed by atoms with Crippen LogP contribution < -0.4 is 11.1 Å².